The van der Waals surface area contributed by atoms with Gasteiger partial charge in [-0.25, -0.2) is 4.98 Å². The van der Waals surface area contributed by atoms with E-state index in [4.69, 9.17) is 16.3 Å². The molecule has 0 aliphatic heterocycles. The van der Waals surface area contributed by atoms with Gasteiger partial charge in [0.1, 0.15) is 5.02 Å². The topological polar surface area (TPSA) is 90.2 Å². The van der Waals surface area contributed by atoms with E-state index in [1.165, 1.54) is 12.3 Å². The van der Waals surface area contributed by atoms with Gasteiger partial charge in [0.2, 0.25) is 17.6 Å². The zero-order valence-electron chi connectivity index (χ0n) is 11.1. The predicted octanol–water partition coefficient (Wildman–Crippen LogP) is 3.94. The first-order chi connectivity index (χ1) is 9.92. The van der Waals surface area contributed by atoms with Crippen LogP contribution >= 0.6 is 27.5 Å². The van der Waals surface area contributed by atoms with E-state index in [0.29, 0.717) is 16.0 Å². The lowest BCUT2D eigenvalue weighted by Crippen LogP contribution is -2.01. The molecule has 1 aromatic heterocycles. The monoisotopic (exact) mass is 372 g/mol. The third kappa shape index (κ3) is 3.40. The number of hydrogen-bond acceptors (Lipinski definition) is 6. The molecular formula is C12H10BrClN4O3. The Morgan fingerprint density at radius 3 is 2.81 bits per heavy atom. The summed E-state index contributed by atoms with van der Waals surface area (Å²) in [6.07, 6.45) is 1.36. The number of rotatable bonds is 4. The van der Waals surface area contributed by atoms with E-state index in [1.807, 2.05) is 0 Å². The maximum absolute atomic E-state index is 11.2. The van der Waals surface area contributed by atoms with E-state index in [-0.39, 0.29) is 22.3 Å². The minimum Gasteiger partial charge on any atom is -0.430 e. The quantitative estimate of drug-likeness (QED) is 0.645. The Morgan fingerprint density at radius 2 is 2.19 bits per heavy atom. The van der Waals surface area contributed by atoms with Crippen molar-refractivity contribution in [3.63, 3.8) is 0 Å². The van der Waals surface area contributed by atoms with Gasteiger partial charge in [0.25, 0.3) is 0 Å². The molecule has 0 saturated carbocycles. The summed E-state index contributed by atoms with van der Waals surface area (Å²) in [5.74, 6) is 0.433. The molecule has 9 heteroatoms. The van der Waals surface area contributed by atoms with Crippen LogP contribution in [0.1, 0.15) is 5.56 Å². The number of aromatic nitrogens is 2. The van der Waals surface area contributed by atoms with Crippen molar-refractivity contribution in [2.75, 3.05) is 12.4 Å². The number of anilines is 1. The largest absolute Gasteiger partial charge is 0.430 e. The van der Waals surface area contributed by atoms with Crippen LogP contribution in [0.2, 0.25) is 5.02 Å². The van der Waals surface area contributed by atoms with Gasteiger partial charge in [0.15, 0.2) is 0 Å². The second-order valence-corrected chi connectivity index (χ2v) is 5.35. The second kappa shape index (κ2) is 6.23. The SMILES string of the molecule is CNc1ncc(Cl)c(Oc2c(C)cc(Br)cc2[N+](=O)[O-])n1. The van der Waals surface area contributed by atoms with Crippen LogP contribution < -0.4 is 10.1 Å². The minimum absolute atomic E-state index is 0.0459. The summed E-state index contributed by atoms with van der Waals surface area (Å²) in [7, 11) is 1.64. The maximum atomic E-state index is 11.2. The fourth-order valence-corrected chi connectivity index (χ4v) is 2.31. The van der Waals surface area contributed by atoms with Crippen molar-refractivity contribution in [1.82, 2.24) is 9.97 Å². The van der Waals surface area contributed by atoms with Crippen molar-refractivity contribution in [2.45, 2.75) is 6.92 Å². The number of nitrogens with one attached hydrogen (secondary N) is 1. The molecular weight excluding hydrogens is 364 g/mol. The number of halogens is 2. The Bertz CT molecular complexity index is 711. The maximum Gasteiger partial charge on any atom is 0.313 e. The molecule has 21 heavy (non-hydrogen) atoms. The molecule has 7 nitrogen and oxygen atoms in total. The van der Waals surface area contributed by atoms with Gasteiger partial charge in [-0.05, 0) is 13.0 Å². The van der Waals surface area contributed by atoms with Crippen LogP contribution in [0.15, 0.2) is 22.8 Å². The van der Waals surface area contributed by atoms with Crippen molar-refractivity contribution in [2.24, 2.45) is 0 Å². The van der Waals surface area contributed by atoms with Crippen LogP contribution in [0.4, 0.5) is 11.6 Å². The lowest BCUT2D eigenvalue weighted by atomic mass is 10.2. The highest BCUT2D eigenvalue weighted by Gasteiger charge is 2.21. The molecule has 0 unspecified atom stereocenters. The Labute approximate surface area is 133 Å². The van der Waals surface area contributed by atoms with Gasteiger partial charge in [0.05, 0.1) is 11.1 Å². The van der Waals surface area contributed by atoms with Gasteiger partial charge in [0, 0.05) is 23.2 Å². The first-order valence-corrected chi connectivity index (χ1v) is 6.92. The molecule has 2 rings (SSSR count). The van der Waals surface area contributed by atoms with Crippen LogP contribution in [0, 0.1) is 17.0 Å². The molecule has 2 aromatic rings. The zero-order chi connectivity index (χ0) is 15.6. The lowest BCUT2D eigenvalue weighted by molar-refractivity contribution is -0.385. The molecule has 110 valence electrons. The Hall–Kier alpha value is -1.93. The predicted molar refractivity (Wildman–Crippen MR) is 82.2 cm³/mol. The van der Waals surface area contributed by atoms with Gasteiger partial charge in [-0.2, -0.15) is 4.98 Å². The molecule has 0 amide bonds. The number of aryl methyl sites for hydroxylation is 1. The van der Waals surface area contributed by atoms with E-state index in [1.54, 1.807) is 20.0 Å². The molecule has 0 spiro atoms. The van der Waals surface area contributed by atoms with E-state index < -0.39 is 4.92 Å². The molecule has 0 aliphatic carbocycles. The Kier molecular flexibility index (Phi) is 4.59. The van der Waals surface area contributed by atoms with E-state index >= 15 is 0 Å². The molecule has 1 heterocycles. The van der Waals surface area contributed by atoms with Crippen molar-refractivity contribution in [1.29, 1.82) is 0 Å². The standard InChI is InChI=1S/C12H10BrClN4O3/c1-6-3-7(13)4-9(18(19)20)10(6)21-11-8(14)5-16-12(15-2)17-11/h3-5H,1-2H3,(H,15,16,17). The number of benzene rings is 1. The highest BCUT2D eigenvalue weighted by molar-refractivity contribution is 9.10. The van der Waals surface area contributed by atoms with E-state index in [2.05, 4.69) is 31.2 Å². The van der Waals surface area contributed by atoms with Gasteiger partial charge in [-0.3, -0.25) is 10.1 Å². The summed E-state index contributed by atoms with van der Waals surface area (Å²) >= 11 is 9.18. The molecule has 0 saturated heterocycles. The number of nitro benzene ring substituents is 1. The van der Waals surface area contributed by atoms with Gasteiger partial charge < -0.3 is 10.1 Å². The summed E-state index contributed by atoms with van der Waals surface area (Å²) in [4.78, 5) is 18.6. The smallest absolute Gasteiger partial charge is 0.313 e. The van der Waals surface area contributed by atoms with Gasteiger partial charge in [-0.1, -0.05) is 27.5 Å². The highest BCUT2D eigenvalue weighted by Crippen LogP contribution is 2.38. The van der Waals surface area contributed by atoms with Crippen LogP contribution in [0.3, 0.4) is 0 Å². The average molecular weight is 374 g/mol. The average Bonchev–Trinajstić information content (AvgIpc) is 2.43. The summed E-state index contributed by atoms with van der Waals surface area (Å²) < 4.78 is 6.13. The van der Waals surface area contributed by atoms with Crippen molar-refractivity contribution in [3.05, 3.63) is 43.5 Å². The molecule has 1 N–H and O–H groups in total. The fraction of sp³-hybridized carbons (Fsp3) is 0.167. The van der Waals surface area contributed by atoms with Crippen LogP contribution in [0.5, 0.6) is 11.6 Å². The van der Waals surface area contributed by atoms with Gasteiger partial charge in [-0.15, -0.1) is 0 Å². The molecule has 0 fully saturated rings. The number of ether oxygens (including phenoxy) is 1. The normalized spacial score (nSPS) is 10.3. The summed E-state index contributed by atoms with van der Waals surface area (Å²) in [6.45, 7) is 1.70. The first kappa shape index (κ1) is 15.5. The molecule has 0 aliphatic rings. The van der Waals surface area contributed by atoms with Crippen molar-refractivity contribution in [3.8, 4) is 11.6 Å². The minimum atomic E-state index is -0.527. The third-order valence-electron chi connectivity index (χ3n) is 2.55. The fourth-order valence-electron chi connectivity index (χ4n) is 1.62. The third-order valence-corrected chi connectivity index (χ3v) is 3.27. The van der Waals surface area contributed by atoms with Crippen LogP contribution in [-0.4, -0.2) is 21.9 Å². The van der Waals surface area contributed by atoms with E-state index in [0.717, 1.165) is 0 Å². The summed E-state index contributed by atoms with van der Waals surface area (Å²) in [5, 5.41) is 14.0. The number of nitro groups is 1. The zero-order valence-corrected chi connectivity index (χ0v) is 13.4. The second-order valence-electron chi connectivity index (χ2n) is 4.03. The number of hydrogen-bond donors (Lipinski definition) is 1. The highest BCUT2D eigenvalue weighted by atomic mass is 79.9. The number of nitrogens with zero attached hydrogens (tertiary/aromatic N) is 3. The van der Waals surface area contributed by atoms with E-state index in [9.17, 15) is 10.1 Å². The van der Waals surface area contributed by atoms with Crippen molar-refractivity contribution < 1.29 is 9.66 Å². The lowest BCUT2D eigenvalue weighted by Gasteiger charge is -2.10. The Morgan fingerprint density at radius 1 is 1.48 bits per heavy atom. The molecule has 0 atom stereocenters. The van der Waals surface area contributed by atoms with Crippen LogP contribution in [-0.2, 0) is 0 Å². The van der Waals surface area contributed by atoms with Crippen LogP contribution in [0.25, 0.3) is 0 Å². The molecule has 0 radical (unpaired) electrons. The van der Waals surface area contributed by atoms with Gasteiger partial charge >= 0.3 is 5.69 Å². The molecule has 0 bridgehead atoms. The summed E-state index contributed by atoms with van der Waals surface area (Å²) in [5.41, 5.74) is 0.402. The first-order valence-electron chi connectivity index (χ1n) is 5.75. The Balaban J connectivity index is 2.51. The van der Waals surface area contributed by atoms with Crippen molar-refractivity contribution >= 4 is 39.2 Å². The summed E-state index contributed by atoms with van der Waals surface area (Å²) in [6, 6.07) is 3.06. The molecule has 1 aromatic carbocycles.